The van der Waals surface area contributed by atoms with Crippen molar-refractivity contribution in [1.82, 2.24) is 9.13 Å². The lowest BCUT2D eigenvalue weighted by Gasteiger charge is -2.39. The number of alkyl halides is 12. The molecule has 0 atom stereocenters. The molecule has 0 aliphatic carbocycles. The molecule has 2 aromatic heterocycles. The highest BCUT2D eigenvalue weighted by molar-refractivity contribution is 5.98. The number of rotatable bonds is 8. The minimum atomic E-state index is -6.73. The summed E-state index contributed by atoms with van der Waals surface area (Å²) in [5.41, 5.74) is -27.2. The zero-order valence-corrected chi connectivity index (χ0v) is 31.9. The third-order valence-electron chi connectivity index (χ3n) is 11.3. The number of nitrogens with zero attached hydrogens (tertiary/aromatic N) is 2. The first kappa shape index (κ1) is 45.1. The molecular formula is C39H34F12N2O6. The van der Waals surface area contributed by atoms with Crippen LogP contribution in [0.4, 0.5) is 52.7 Å². The van der Waals surface area contributed by atoms with Crippen LogP contribution in [-0.2, 0) is 16.6 Å². The molecule has 0 unspecified atom stereocenters. The second-order valence-electron chi connectivity index (χ2n) is 15.0. The van der Waals surface area contributed by atoms with Gasteiger partial charge in [0.25, 0.3) is 33.4 Å². The van der Waals surface area contributed by atoms with Crippen molar-refractivity contribution < 1.29 is 62.9 Å². The number of fused-ring (bicyclic) bond motifs is 2. The second-order valence-corrected chi connectivity index (χ2v) is 15.0. The molecule has 0 aliphatic heterocycles. The average molecular weight is 855 g/mol. The first-order chi connectivity index (χ1) is 26.7. The normalized spacial score (nSPS) is 14.1. The van der Waals surface area contributed by atoms with Gasteiger partial charge in [-0.25, -0.2) is 4.57 Å². The van der Waals surface area contributed by atoms with Gasteiger partial charge in [0.2, 0.25) is 0 Å². The Morgan fingerprint density at radius 1 is 0.525 bits per heavy atom. The largest absolute Gasteiger partial charge is 0.430 e. The van der Waals surface area contributed by atoms with Gasteiger partial charge in [0.05, 0.1) is 27.2 Å². The number of aliphatic hydroxyl groups is 2. The van der Waals surface area contributed by atoms with Gasteiger partial charge in [-0.2, -0.15) is 52.7 Å². The summed E-state index contributed by atoms with van der Waals surface area (Å²) in [5, 5.41) is 19.1. The van der Waals surface area contributed by atoms with Crippen LogP contribution >= 0.6 is 0 Å². The Labute approximate surface area is 324 Å². The molecule has 0 radical (unpaired) electrons. The lowest BCUT2D eigenvalue weighted by molar-refractivity contribution is -0.377. The fourth-order valence-electron chi connectivity index (χ4n) is 7.50. The molecule has 8 nitrogen and oxygen atoms in total. The number of hydrogen-bond acceptors (Lipinski definition) is 6. The van der Waals surface area contributed by atoms with Gasteiger partial charge in [-0.05, 0) is 104 Å². The molecule has 59 heavy (non-hydrogen) atoms. The summed E-state index contributed by atoms with van der Waals surface area (Å²) in [6.07, 6.45) is -26.6. The molecule has 320 valence electrons. The summed E-state index contributed by atoms with van der Waals surface area (Å²) < 4.78 is 176. The van der Waals surface area contributed by atoms with Crippen molar-refractivity contribution in [2.45, 2.75) is 109 Å². The summed E-state index contributed by atoms with van der Waals surface area (Å²) in [5.74, 6) is 0. The number of aromatic nitrogens is 2. The Hall–Kier alpha value is -4.98. The SMILES string of the molecule is CCC(C)(CC)c1cc(C)c(-c2cc(C(O)(C(F)(F)F)C(F)(F)F)c(-n3c(=O)c4cc5c(=O)n(C(C)C)c(=O)c5cc4c3=O)cc2C)cc1C(O)(C(F)(F)F)C(F)(F)F. The molecule has 0 aliphatic rings. The van der Waals surface area contributed by atoms with Crippen LogP contribution in [-0.4, -0.2) is 44.1 Å². The van der Waals surface area contributed by atoms with E-state index in [1.807, 2.05) is 0 Å². The molecule has 3 aromatic carbocycles. The molecule has 5 aromatic rings. The van der Waals surface area contributed by atoms with E-state index in [1.54, 1.807) is 0 Å². The zero-order chi connectivity index (χ0) is 45.1. The summed E-state index contributed by atoms with van der Waals surface area (Å²) in [6, 6.07) is 2.04. The number of aryl methyl sites for hydroxylation is 2. The molecule has 0 fully saturated rings. The molecule has 2 N–H and O–H groups in total. The average Bonchev–Trinajstić information content (AvgIpc) is 3.50. The first-order valence-electron chi connectivity index (χ1n) is 17.6. The Balaban J connectivity index is 2.01. The predicted molar refractivity (Wildman–Crippen MR) is 191 cm³/mol. The highest BCUT2D eigenvalue weighted by Crippen LogP contribution is 2.56. The molecule has 2 heterocycles. The number of hydrogen-bond donors (Lipinski definition) is 2. The fraction of sp³-hybridized carbons (Fsp3) is 0.436. The van der Waals surface area contributed by atoms with Gasteiger partial charge < -0.3 is 10.2 Å². The minimum absolute atomic E-state index is 0.0619. The van der Waals surface area contributed by atoms with Crippen molar-refractivity contribution in [3.05, 3.63) is 106 Å². The Kier molecular flexibility index (Phi) is 10.5. The molecule has 5 rings (SSSR count). The van der Waals surface area contributed by atoms with Crippen molar-refractivity contribution in [2.75, 3.05) is 0 Å². The molecule has 0 saturated carbocycles. The van der Waals surface area contributed by atoms with E-state index < -0.39 is 130 Å². The Morgan fingerprint density at radius 3 is 1.22 bits per heavy atom. The predicted octanol–water partition coefficient (Wildman–Crippen LogP) is 8.47. The van der Waals surface area contributed by atoms with Gasteiger partial charge in [0.15, 0.2) is 0 Å². The van der Waals surface area contributed by atoms with E-state index in [0.717, 1.165) is 36.6 Å². The Bertz CT molecular complexity index is 2620. The van der Waals surface area contributed by atoms with Crippen LogP contribution in [0.3, 0.4) is 0 Å². The van der Waals surface area contributed by atoms with Crippen molar-refractivity contribution in [1.29, 1.82) is 0 Å². The van der Waals surface area contributed by atoms with E-state index in [-0.39, 0.29) is 35.1 Å². The molecule has 0 spiro atoms. The van der Waals surface area contributed by atoms with E-state index in [9.17, 15) is 82.1 Å². The lowest BCUT2D eigenvalue weighted by atomic mass is 9.70. The van der Waals surface area contributed by atoms with Crippen molar-refractivity contribution in [3.8, 4) is 16.8 Å². The summed E-state index contributed by atoms with van der Waals surface area (Å²) in [4.78, 5) is 53.7. The van der Waals surface area contributed by atoms with Crippen LogP contribution in [0.1, 0.15) is 81.3 Å². The van der Waals surface area contributed by atoms with Gasteiger partial charge in [-0.15, -0.1) is 0 Å². The smallest absolute Gasteiger partial charge is 0.369 e. The van der Waals surface area contributed by atoms with E-state index in [4.69, 9.17) is 0 Å². The highest BCUT2D eigenvalue weighted by atomic mass is 19.4. The van der Waals surface area contributed by atoms with Gasteiger partial charge in [-0.3, -0.25) is 23.7 Å². The maximum absolute atomic E-state index is 14.7. The van der Waals surface area contributed by atoms with Gasteiger partial charge in [0, 0.05) is 17.2 Å². The third-order valence-corrected chi connectivity index (χ3v) is 11.3. The van der Waals surface area contributed by atoms with E-state index in [1.165, 1.54) is 34.6 Å². The maximum Gasteiger partial charge on any atom is 0.430 e. The van der Waals surface area contributed by atoms with Crippen molar-refractivity contribution >= 4 is 21.5 Å². The molecule has 0 bridgehead atoms. The topological polar surface area (TPSA) is 119 Å². The first-order valence-corrected chi connectivity index (χ1v) is 17.6. The number of benzene rings is 3. The van der Waals surface area contributed by atoms with Crippen molar-refractivity contribution in [3.63, 3.8) is 0 Å². The molecule has 0 saturated heterocycles. The minimum Gasteiger partial charge on any atom is -0.369 e. The monoisotopic (exact) mass is 854 g/mol. The summed E-state index contributed by atoms with van der Waals surface area (Å²) in [6.45, 7) is 9.05. The lowest BCUT2D eigenvalue weighted by Crippen LogP contribution is -2.55. The second kappa shape index (κ2) is 13.8. The standard InChI is InChI=1S/C39H34F12N2O6/c1-8-33(7,9-2)25-10-17(5)19(14-26(25)34(58,36(40,41)42)37(43,44)45)20-15-27(35(59,38(46,47)48)39(49,50)51)28(11-18(20)6)53-31(56)23-12-21-22(13-24(23)32(53)57)30(55)52(16(3)4)29(21)54/h10-16,58-59H,8-9H2,1-7H3. The molecule has 20 heteroatoms. The summed E-state index contributed by atoms with van der Waals surface area (Å²) >= 11 is 0. The van der Waals surface area contributed by atoms with Crippen LogP contribution < -0.4 is 22.2 Å². The van der Waals surface area contributed by atoms with E-state index in [0.29, 0.717) is 6.07 Å². The highest BCUT2D eigenvalue weighted by Gasteiger charge is 2.73. The van der Waals surface area contributed by atoms with E-state index in [2.05, 4.69) is 0 Å². The fourth-order valence-corrected chi connectivity index (χ4v) is 7.50. The number of halogens is 12. The molecule has 0 amide bonds. The van der Waals surface area contributed by atoms with Crippen LogP contribution in [0.25, 0.3) is 38.4 Å². The van der Waals surface area contributed by atoms with Crippen LogP contribution in [0.2, 0.25) is 0 Å². The molecular weight excluding hydrogens is 820 g/mol. The third kappa shape index (κ3) is 6.39. The van der Waals surface area contributed by atoms with Gasteiger partial charge in [-0.1, -0.05) is 26.8 Å². The Morgan fingerprint density at radius 2 is 0.864 bits per heavy atom. The van der Waals surface area contributed by atoms with Gasteiger partial charge in [0.1, 0.15) is 0 Å². The quantitative estimate of drug-likeness (QED) is 0.151. The van der Waals surface area contributed by atoms with Crippen molar-refractivity contribution in [2.24, 2.45) is 0 Å². The maximum atomic E-state index is 14.7. The van der Waals surface area contributed by atoms with Crippen LogP contribution in [0, 0.1) is 13.8 Å². The zero-order valence-electron chi connectivity index (χ0n) is 31.9. The van der Waals surface area contributed by atoms with E-state index >= 15 is 0 Å². The van der Waals surface area contributed by atoms with Crippen LogP contribution in [0.15, 0.2) is 55.6 Å². The summed E-state index contributed by atoms with van der Waals surface area (Å²) in [7, 11) is 0. The van der Waals surface area contributed by atoms with Crippen LogP contribution in [0.5, 0.6) is 0 Å². The van der Waals surface area contributed by atoms with Gasteiger partial charge >= 0.3 is 24.7 Å².